The van der Waals surface area contributed by atoms with Crippen LogP contribution in [0.4, 0.5) is 4.79 Å². The highest BCUT2D eigenvalue weighted by Gasteiger charge is 2.40. The monoisotopic (exact) mass is 465 g/mol. The van der Waals surface area contributed by atoms with Crippen LogP contribution < -0.4 is 14.2 Å². The van der Waals surface area contributed by atoms with Crippen molar-refractivity contribution >= 4 is 23.7 Å². The summed E-state index contributed by atoms with van der Waals surface area (Å²) in [4.78, 5) is 26.9. The first kappa shape index (κ1) is 25.1. The first-order valence-corrected chi connectivity index (χ1v) is 10.4. The van der Waals surface area contributed by atoms with Crippen molar-refractivity contribution in [3.8, 4) is 17.2 Å². The van der Waals surface area contributed by atoms with Crippen LogP contribution in [-0.2, 0) is 15.0 Å². The van der Waals surface area contributed by atoms with Crippen LogP contribution in [0.3, 0.4) is 0 Å². The molecule has 2 aromatic carbocycles. The number of hydrogen-bond donors (Lipinski definition) is 0. The first-order chi connectivity index (χ1) is 15.4. The molecule has 0 heterocycles. The number of halogens is 1. The van der Waals surface area contributed by atoms with Gasteiger partial charge in [0.15, 0.2) is 17.6 Å². The molecule has 0 saturated heterocycles. The molecule has 2 rings (SSSR count). The Balaban J connectivity index is 2.39. The molecular formula is C23H28ClNO7. The van der Waals surface area contributed by atoms with E-state index in [-0.39, 0.29) is 18.2 Å². The van der Waals surface area contributed by atoms with Crippen LogP contribution in [0.1, 0.15) is 29.3 Å². The van der Waals surface area contributed by atoms with Gasteiger partial charge in [0.25, 0.3) is 0 Å². The molecule has 0 fully saturated rings. The lowest BCUT2D eigenvalue weighted by molar-refractivity contribution is 0.00337. The molecule has 0 aromatic heterocycles. The highest BCUT2D eigenvalue weighted by Crippen LogP contribution is 2.39. The number of esters is 1. The Bertz CT molecular complexity index is 897. The van der Waals surface area contributed by atoms with Gasteiger partial charge in [0.1, 0.15) is 12.1 Å². The van der Waals surface area contributed by atoms with Crippen LogP contribution in [0.15, 0.2) is 42.5 Å². The standard InChI is InChI=1S/C23H28ClNO7/c1-6-23(17-10-8-7-9-11-17,25(2)22(27)32-15-24)14-31-21(26)16-12-18(28-3)20(30-5)19(13-16)29-4/h7-13H,6,14-15H2,1-5H3. The summed E-state index contributed by atoms with van der Waals surface area (Å²) in [5.74, 6) is 0.400. The maximum Gasteiger partial charge on any atom is 0.411 e. The zero-order chi connectivity index (χ0) is 23.7. The van der Waals surface area contributed by atoms with Crippen LogP contribution in [0.2, 0.25) is 0 Å². The van der Waals surface area contributed by atoms with E-state index in [1.807, 2.05) is 37.3 Å². The van der Waals surface area contributed by atoms with Gasteiger partial charge in [0, 0.05) is 7.05 Å². The van der Waals surface area contributed by atoms with Crippen LogP contribution >= 0.6 is 11.6 Å². The lowest BCUT2D eigenvalue weighted by Crippen LogP contribution is -2.50. The topological polar surface area (TPSA) is 83.5 Å². The molecule has 9 heteroatoms. The van der Waals surface area contributed by atoms with E-state index in [1.54, 1.807) is 7.05 Å². The van der Waals surface area contributed by atoms with E-state index in [1.165, 1.54) is 38.4 Å². The fraction of sp³-hybridized carbons (Fsp3) is 0.391. The molecule has 0 bridgehead atoms. The molecule has 174 valence electrons. The predicted octanol–water partition coefficient (Wildman–Crippen LogP) is 4.44. The number of amides is 1. The normalized spacial score (nSPS) is 12.3. The molecule has 1 atom stereocenters. The smallest absolute Gasteiger partial charge is 0.411 e. The zero-order valence-corrected chi connectivity index (χ0v) is 19.6. The zero-order valence-electron chi connectivity index (χ0n) is 18.8. The van der Waals surface area contributed by atoms with Gasteiger partial charge in [-0.2, -0.15) is 0 Å². The Kier molecular flexibility index (Phi) is 9.02. The minimum absolute atomic E-state index is 0.114. The number of carbonyl (C=O) groups excluding carboxylic acids is 2. The second-order valence-corrected chi connectivity index (χ2v) is 7.04. The molecule has 1 amide bonds. The van der Waals surface area contributed by atoms with Gasteiger partial charge in [-0.1, -0.05) is 48.9 Å². The van der Waals surface area contributed by atoms with E-state index in [4.69, 9.17) is 35.3 Å². The molecule has 0 aliphatic rings. The molecule has 0 saturated carbocycles. The van der Waals surface area contributed by atoms with Crippen LogP contribution in [0.25, 0.3) is 0 Å². The lowest BCUT2D eigenvalue weighted by Gasteiger charge is -2.40. The van der Waals surface area contributed by atoms with Crippen molar-refractivity contribution in [3.05, 3.63) is 53.6 Å². The fourth-order valence-electron chi connectivity index (χ4n) is 3.45. The third kappa shape index (κ3) is 5.19. The highest BCUT2D eigenvalue weighted by atomic mass is 35.5. The van der Waals surface area contributed by atoms with Gasteiger partial charge >= 0.3 is 12.1 Å². The number of methoxy groups -OCH3 is 3. The number of benzene rings is 2. The molecule has 0 N–H and O–H groups in total. The highest BCUT2D eigenvalue weighted by molar-refractivity contribution is 6.17. The molecule has 8 nitrogen and oxygen atoms in total. The first-order valence-electron chi connectivity index (χ1n) is 9.87. The Labute approximate surface area is 192 Å². The molecule has 0 radical (unpaired) electrons. The van der Waals surface area contributed by atoms with Gasteiger partial charge in [-0.25, -0.2) is 9.59 Å². The molecule has 0 aliphatic carbocycles. The van der Waals surface area contributed by atoms with E-state index in [9.17, 15) is 9.59 Å². The molecular weight excluding hydrogens is 438 g/mol. The summed E-state index contributed by atoms with van der Waals surface area (Å²) in [6, 6.07) is 12.0. The lowest BCUT2D eigenvalue weighted by atomic mass is 9.86. The number of nitrogens with zero attached hydrogens (tertiary/aromatic N) is 1. The quantitative estimate of drug-likeness (QED) is 0.379. The third-order valence-electron chi connectivity index (χ3n) is 5.33. The molecule has 32 heavy (non-hydrogen) atoms. The number of alkyl halides is 1. The number of ether oxygens (including phenoxy) is 5. The minimum atomic E-state index is -0.972. The van der Waals surface area contributed by atoms with Crippen molar-refractivity contribution in [1.82, 2.24) is 4.90 Å². The molecule has 0 aliphatic heterocycles. The van der Waals surface area contributed by atoms with Gasteiger partial charge < -0.3 is 23.7 Å². The van der Waals surface area contributed by atoms with Crippen LogP contribution in [-0.4, -0.2) is 58.0 Å². The Morgan fingerprint density at radius 3 is 2.03 bits per heavy atom. The van der Waals surface area contributed by atoms with Gasteiger partial charge in [0.2, 0.25) is 5.75 Å². The van der Waals surface area contributed by atoms with E-state index < -0.39 is 17.6 Å². The SMILES string of the molecule is CCC(COC(=O)c1cc(OC)c(OC)c(OC)c1)(c1ccccc1)N(C)C(=O)OCCl. The number of hydrogen-bond acceptors (Lipinski definition) is 7. The van der Waals surface area contributed by atoms with Crippen molar-refractivity contribution in [2.45, 2.75) is 18.9 Å². The average molecular weight is 466 g/mol. The largest absolute Gasteiger partial charge is 0.493 e. The summed E-state index contributed by atoms with van der Waals surface area (Å²) < 4.78 is 26.6. The number of likely N-dealkylation sites (N-methyl/N-ethyl adjacent to an activating group) is 1. The van der Waals surface area contributed by atoms with E-state index >= 15 is 0 Å². The maximum atomic E-state index is 13.0. The second-order valence-electron chi connectivity index (χ2n) is 6.82. The van der Waals surface area contributed by atoms with Crippen LogP contribution in [0.5, 0.6) is 17.2 Å². The minimum Gasteiger partial charge on any atom is -0.493 e. The van der Waals surface area contributed by atoms with E-state index in [0.29, 0.717) is 23.7 Å². The molecule has 2 aromatic rings. The van der Waals surface area contributed by atoms with Crippen molar-refractivity contribution in [2.75, 3.05) is 41.1 Å². The number of rotatable bonds is 10. The van der Waals surface area contributed by atoms with Gasteiger partial charge in [0.05, 0.1) is 26.9 Å². The van der Waals surface area contributed by atoms with E-state index in [2.05, 4.69) is 0 Å². The summed E-state index contributed by atoms with van der Waals surface area (Å²) in [7, 11) is 5.98. The summed E-state index contributed by atoms with van der Waals surface area (Å²) >= 11 is 5.58. The van der Waals surface area contributed by atoms with Crippen molar-refractivity contribution < 1.29 is 33.3 Å². The van der Waals surface area contributed by atoms with Gasteiger partial charge in [-0.3, -0.25) is 4.90 Å². The fourth-order valence-corrected chi connectivity index (χ4v) is 3.54. The summed E-state index contributed by atoms with van der Waals surface area (Å²) in [6.45, 7) is 1.78. The summed E-state index contributed by atoms with van der Waals surface area (Å²) in [5.41, 5.74) is 0.0264. The summed E-state index contributed by atoms with van der Waals surface area (Å²) in [5, 5.41) is 0. The van der Waals surface area contributed by atoms with Crippen molar-refractivity contribution in [3.63, 3.8) is 0 Å². The Hall–Kier alpha value is -3.13. The van der Waals surface area contributed by atoms with E-state index in [0.717, 1.165) is 5.56 Å². The maximum absolute atomic E-state index is 13.0. The molecule has 1 unspecified atom stereocenters. The van der Waals surface area contributed by atoms with Crippen LogP contribution in [0, 0.1) is 0 Å². The Morgan fingerprint density at radius 2 is 1.56 bits per heavy atom. The third-order valence-corrected chi connectivity index (χ3v) is 5.44. The van der Waals surface area contributed by atoms with Gasteiger partial charge in [-0.15, -0.1) is 0 Å². The van der Waals surface area contributed by atoms with Gasteiger partial charge in [-0.05, 0) is 24.1 Å². The second kappa shape index (κ2) is 11.5. The van der Waals surface area contributed by atoms with Crippen molar-refractivity contribution in [2.24, 2.45) is 0 Å². The summed E-state index contributed by atoms with van der Waals surface area (Å²) in [6.07, 6.45) is -0.178. The predicted molar refractivity (Wildman–Crippen MR) is 120 cm³/mol. The Morgan fingerprint density at radius 1 is 0.969 bits per heavy atom. The van der Waals surface area contributed by atoms with Crippen molar-refractivity contribution in [1.29, 1.82) is 0 Å². The number of carbonyl (C=O) groups is 2. The molecule has 0 spiro atoms. The average Bonchev–Trinajstić information content (AvgIpc) is 2.84.